The number of rotatable bonds is 9. The Morgan fingerprint density at radius 2 is 1.80 bits per heavy atom. The van der Waals surface area contributed by atoms with Gasteiger partial charge in [-0.3, -0.25) is 9.69 Å². The van der Waals surface area contributed by atoms with Crippen LogP contribution >= 0.6 is 0 Å². The molecule has 6 heteroatoms. The van der Waals surface area contributed by atoms with Crippen LogP contribution in [0.3, 0.4) is 0 Å². The monoisotopic (exact) mass is 542 g/mol. The number of benzene rings is 1. The van der Waals surface area contributed by atoms with Crippen LogP contribution in [0.25, 0.3) is 0 Å². The molecule has 6 nitrogen and oxygen atoms in total. The van der Waals surface area contributed by atoms with Gasteiger partial charge < -0.3 is 15.5 Å². The molecule has 5 rings (SSSR count). The first-order valence-electron chi connectivity index (χ1n) is 15.5. The van der Waals surface area contributed by atoms with Gasteiger partial charge in [0, 0.05) is 38.1 Å². The number of carbonyl (C=O) groups excluding carboxylic acids is 2. The summed E-state index contributed by atoms with van der Waals surface area (Å²) in [5, 5.41) is 5.86. The zero-order chi connectivity index (χ0) is 27.8. The Balaban J connectivity index is 1.19. The molecule has 4 aliphatic rings. The molecule has 1 aliphatic heterocycles. The molecule has 2 fully saturated rings. The zero-order valence-corrected chi connectivity index (χ0v) is 24.2. The van der Waals surface area contributed by atoms with Gasteiger partial charge in [0.1, 0.15) is 0 Å². The van der Waals surface area contributed by atoms with E-state index >= 15 is 0 Å². The van der Waals surface area contributed by atoms with Crippen LogP contribution in [-0.4, -0.2) is 60.5 Å². The molecule has 0 bridgehead atoms. The molecule has 1 aromatic rings. The van der Waals surface area contributed by atoms with Crippen LogP contribution in [0.15, 0.2) is 71.9 Å². The first-order valence-corrected chi connectivity index (χ1v) is 15.5. The SMILES string of the molecule is CCCCCCCNC(=O)Nc1ccccc1C(=O)N1CCN(C2C=CC=C3CCCCC34CC=CC=C24)CC1. The normalized spacial score (nSPS) is 24.3. The number of hydrogen-bond acceptors (Lipinski definition) is 3. The molecule has 1 saturated heterocycles. The van der Waals surface area contributed by atoms with Gasteiger partial charge in [0.05, 0.1) is 17.3 Å². The quantitative estimate of drug-likeness (QED) is 0.336. The molecule has 2 unspecified atom stereocenters. The number of amides is 3. The van der Waals surface area contributed by atoms with Gasteiger partial charge in [0.2, 0.25) is 0 Å². The molecule has 1 heterocycles. The predicted molar refractivity (Wildman–Crippen MR) is 163 cm³/mol. The summed E-state index contributed by atoms with van der Waals surface area (Å²) in [6, 6.07) is 7.39. The minimum atomic E-state index is -0.250. The van der Waals surface area contributed by atoms with Crippen molar-refractivity contribution in [1.29, 1.82) is 0 Å². The fourth-order valence-electron chi connectivity index (χ4n) is 7.00. The lowest BCUT2D eigenvalue weighted by atomic mass is 9.61. The molecular formula is C34H46N4O2. The summed E-state index contributed by atoms with van der Waals surface area (Å²) in [7, 11) is 0. The molecule has 1 saturated carbocycles. The van der Waals surface area contributed by atoms with Crippen molar-refractivity contribution in [2.24, 2.45) is 5.41 Å². The Hall–Kier alpha value is -3.12. The Morgan fingerprint density at radius 3 is 2.65 bits per heavy atom. The number of anilines is 1. The number of hydrogen-bond donors (Lipinski definition) is 2. The van der Waals surface area contributed by atoms with Crippen LogP contribution in [0.2, 0.25) is 0 Å². The summed E-state index contributed by atoms with van der Waals surface area (Å²) in [6.07, 6.45) is 25.9. The average molecular weight is 543 g/mol. The maximum Gasteiger partial charge on any atom is 0.319 e. The van der Waals surface area contributed by atoms with Gasteiger partial charge in [-0.25, -0.2) is 4.79 Å². The van der Waals surface area contributed by atoms with Crippen LogP contribution in [0.5, 0.6) is 0 Å². The number of unbranched alkanes of at least 4 members (excludes halogenated alkanes) is 4. The lowest BCUT2D eigenvalue weighted by molar-refractivity contribution is 0.0609. The lowest BCUT2D eigenvalue weighted by Gasteiger charge is -2.47. The van der Waals surface area contributed by atoms with Crippen LogP contribution in [0.4, 0.5) is 10.5 Å². The van der Waals surface area contributed by atoms with Crippen molar-refractivity contribution in [2.45, 2.75) is 77.2 Å². The second-order valence-electron chi connectivity index (χ2n) is 11.7. The van der Waals surface area contributed by atoms with E-state index in [0.717, 1.165) is 32.4 Å². The number of carbonyl (C=O) groups is 2. The van der Waals surface area contributed by atoms with E-state index in [4.69, 9.17) is 0 Å². The minimum Gasteiger partial charge on any atom is -0.338 e. The maximum atomic E-state index is 13.6. The van der Waals surface area contributed by atoms with Crippen molar-refractivity contribution in [3.63, 3.8) is 0 Å². The molecule has 2 atom stereocenters. The molecule has 1 spiro atoms. The summed E-state index contributed by atoms with van der Waals surface area (Å²) >= 11 is 0. The number of nitrogens with one attached hydrogen (secondary N) is 2. The van der Waals surface area contributed by atoms with Crippen LogP contribution in [0.1, 0.15) is 81.5 Å². The first-order chi connectivity index (χ1) is 19.6. The number of allylic oxidation sites excluding steroid dienone is 6. The van der Waals surface area contributed by atoms with Crippen LogP contribution in [0, 0.1) is 5.41 Å². The van der Waals surface area contributed by atoms with E-state index in [9.17, 15) is 9.59 Å². The van der Waals surface area contributed by atoms with Crippen LogP contribution < -0.4 is 10.6 Å². The molecule has 1 aromatic carbocycles. The first kappa shape index (κ1) is 28.4. The third-order valence-electron chi connectivity index (χ3n) is 9.22. The number of piperazine rings is 1. The Bertz CT molecular complexity index is 1170. The predicted octanol–water partition coefficient (Wildman–Crippen LogP) is 6.85. The molecule has 3 aliphatic carbocycles. The lowest BCUT2D eigenvalue weighted by Crippen LogP contribution is -2.53. The van der Waals surface area contributed by atoms with Crippen molar-refractivity contribution in [3.8, 4) is 0 Å². The van der Waals surface area contributed by atoms with Crippen molar-refractivity contribution in [1.82, 2.24) is 15.1 Å². The van der Waals surface area contributed by atoms with Gasteiger partial charge >= 0.3 is 6.03 Å². The minimum absolute atomic E-state index is 0.0148. The Kier molecular flexibility index (Phi) is 9.58. The third kappa shape index (κ3) is 6.27. The Labute approximate surface area is 240 Å². The second kappa shape index (κ2) is 13.5. The third-order valence-corrected chi connectivity index (χ3v) is 9.22. The molecule has 0 radical (unpaired) electrons. The van der Waals surface area contributed by atoms with Gasteiger partial charge in [-0.05, 0) is 49.8 Å². The van der Waals surface area contributed by atoms with E-state index in [1.807, 2.05) is 29.2 Å². The zero-order valence-electron chi connectivity index (χ0n) is 24.2. The van der Waals surface area contributed by atoms with Crippen molar-refractivity contribution in [3.05, 3.63) is 77.4 Å². The van der Waals surface area contributed by atoms with E-state index in [1.165, 1.54) is 44.9 Å². The van der Waals surface area contributed by atoms with E-state index in [0.29, 0.717) is 30.9 Å². The molecule has 0 aromatic heterocycles. The maximum absolute atomic E-state index is 13.6. The Morgan fingerprint density at radius 1 is 0.975 bits per heavy atom. The number of urea groups is 1. The standard InChI is InChI=1S/C34H46N4O2/c1-2-3-4-5-12-22-35-33(40)36-30-18-7-6-16-28(30)32(39)38-25-23-37(24-26-38)31-19-13-15-27-14-8-10-20-34(27)21-11-9-17-29(31)34/h6-7,9,11,13,15-19,31H,2-5,8,10,12,14,20-26H2,1H3,(H2,35,36,40). The van der Waals surface area contributed by atoms with Gasteiger partial charge in [0.25, 0.3) is 5.91 Å². The highest BCUT2D eigenvalue weighted by Gasteiger charge is 2.44. The molecule has 3 amide bonds. The van der Waals surface area contributed by atoms with Crippen LogP contribution in [-0.2, 0) is 0 Å². The van der Waals surface area contributed by atoms with Gasteiger partial charge in [-0.2, -0.15) is 0 Å². The molecule has 2 N–H and O–H groups in total. The molecule has 214 valence electrons. The highest BCUT2D eigenvalue weighted by molar-refractivity contribution is 6.03. The smallest absolute Gasteiger partial charge is 0.319 e. The van der Waals surface area contributed by atoms with E-state index in [1.54, 1.807) is 11.1 Å². The van der Waals surface area contributed by atoms with Gasteiger partial charge in [0.15, 0.2) is 0 Å². The summed E-state index contributed by atoms with van der Waals surface area (Å²) in [5.74, 6) is -0.0148. The van der Waals surface area contributed by atoms with E-state index in [2.05, 4.69) is 58.9 Å². The summed E-state index contributed by atoms with van der Waals surface area (Å²) < 4.78 is 0. The van der Waals surface area contributed by atoms with Gasteiger partial charge in [-0.1, -0.05) is 93.2 Å². The molecular weight excluding hydrogens is 496 g/mol. The number of nitrogens with zero attached hydrogens (tertiary/aromatic N) is 2. The van der Waals surface area contributed by atoms with Crippen molar-refractivity contribution in [2.75, 3.05) is 38.0 Å². The summed E-state index contributed by atoms with van der Waals surface area (Å²) in [6.45, 7) is 5.87. The fourth-order valence-corrected chi connectivity index (χ4v) is 7.00. The van der Waals surface area contributed by atoms with Crippen molar-refractivity contribution >= 4 is 17.6 Å². The summed E-state index contributed by atoms with van der Waals surface area (Å²) in [5.41, 5.74) is 4.45. The van der Waals surface area contributed by atoms with E-state index in [-0.39, 0.29) is 23.4 Å². The molecule has 40 heavy (non-hydrogen) atoms. The largest absolute Gasteiger partial charge is 0.338 e. The second-order valence-corrected chi connectivity index (χ2v) is 11.7. The highest BCUT2D eigenvalue weighted by atomic mass is 16.2. The topological polar surface area (TPSA) is 64.7 Å². The highest BCUT2D eigenvalue weighted by Crippen LogP contribution is 2.53. The van der Waals surface area contributed by atoms with E-state index < -0.39 is 0 Å². The average Bonchev–Trinajstić information content (AvgIpc) is 3.16. The summed E-state index contributed by atoms with van der Waals surface area (Å²) in [4.78, 5) is 30.6. The number of para-hydroxylation sites is 1. The fraction of sp³-hybridized carbons (Fsp3) is 0.529. The van der Waals surface area contributed by atoms with Gasteiger partial charge in [-0.15, -0.1) is 0 Å². The van der Waals surface area contributed by atoms with Crippen molar-refractivity contribution < 1.29 is 9.59 Å².